The van der Waals surface area contributed by atoms with Gasteiger partial charge in [0.05, 0.1) is 6.04 Å². The molecule has 7 heteroatoms. The molecule has 2 fully saturated rings. The first-order valence-electron chi connectivity index (χ1n) is 11.7. The number of likely N-dealkylation sites (tertiary alicyclic amines) is 1. The van der Waals surface area contributed by atoms with Crippen LogP contribution in [0.1, 0.15) is 59.8 Å². The van der Waals surface area contributed by atoms with Gasteiger partial charge >= 0.3 is 0 Å². The number of hydrogen-bond donors (Lipinski definition) is 2. The van der Waals surface area contributed by atoms with Crippen molar-refractivity contribution in [2.45, 2.75) is 65.8 Å². The highest BCUT2D eigenvalue weighted by Gasteiger charge is 2.31. The molecule has 2 rings (SSSR count). The van der Waals surface area contributed by atoms with E-state index < -0.39 is 0 Å². The molecule has 2 heterocycles. The molecule has 0 spiro atoms. The van der Waals surface area contributed by atoms with Gasteiger partial charge in [0.2, 0.25) is 5.91 Å². The summed E-state index contributed by atoms with van der Waals surface area (Å²) in [7, 11) is 0. The number of nitrogens with zero attached hydrogens (tertiary/aromatic N) is 4. The lowest BCUT2D eigenvalue weighted by Crippen LogP contribution is -2.57. The fourth-order valence-corrected chi connectivity index (χ4v) is 4.49. The van der Waals surface area contributed by atoms with Gasteiger partial charge in [0.25, 0.3) is 0 Å². The molecule has 2 aliphatic heterocycles. The standard InChI is InChI=1S/C22H43N5O2/c1-5-22(6-2,10-17-28)18-24-21(23-7-3)27-15-13-25(14-16-27)19(4)20(29)26-11-8-9-12-26/h19,28H,5-18H2,1-4H3,(H,23,24). The molecular formula is C22H43N5O2. The van der Waals surface area contributed by atoms with E-state index in [1.165, 1.54) is 0 Å². The molecule has 0 radical (unpaired) electrons. The first-order valence-corrected chi connectivity index (χ1v) is 11.7. The van der Waals surface area contributed by atoms with Crippen LogP contribution < -0.4 is 5.32 Å². The molecule has 2 saturated heterocycles. The maximum Gasteiger partial charge on any atom is 0.239 e. The third kappa shape index (κ3) is 6.32. The summed E-state index contributed by atoms with van der Waals surface area (Å²) in [4.78, 5) is 24.3. The zero-order chi connectivity index (χ0) is 21.3. The van der Waals surface area contributed by atoms with Crippen molar-refractivity contribution in [1.82, 2.24) is 20.0 Å². The second kappa shape index (κ2) is 11.7. The van der Waals surface area contributed by atoms with Crippen LogP contribution in [0.3, 0.4) is 0 Å². The van der Waals surface area contributed by atoms with Gasteiger partial charge in [-0.25, -0.2) is 0 Å². The number of guanidine groups is 1. The summed E-state index contributed by atoms with van der Waals surface area (Å²) in [5.74, 6) is 1.26. The Morgan fingerprint density at radius 1 is 1.03 bits per heavy atom. The van der Waals surface area contributed by atoms with E-state index in [1.54, 1.807) is 0 Å². The van der Waals surface area contributed by atoms with E-state index in [2.05, 4.69) is 42.8 Å². The Balaban J connectivity index is 1.95. The lowest BCUT2D eigenvalue weighted by molar-refractivity contribution is -0.135. The Bertz CT molecular complexity index is 521. The summed E-state index contributed by atoms with van der Waals surface area (Å²) in [6.45, 7) is 15.7. The van der Waals surface area contributed by atoms with Gasteiger partial charge in [-0.3, -0.25) is 14.7 Å². The molecule has 2 aliphatic rings. The van der Waals surface area contributed by atoms with E-state index in [4.69, 9.17) is 4.99 Å². The largest absolute Gasteiger partial charge is 0.396 e. The highest BCUT2D eigenvalue weighted by atomic mass is 16.3. The lowest BCUT2D eigenvalue weighted by atomic mass is 9.79. The second-order valence-electron chi connectivity index (χ2n) is 8.58. The van der Waals surface area contributed by atoms with Crippen LogP contribution in [-0.2, 0) is 4.79 Å². The topological polar surface area (TPSA) is 71.4 Å². The monoisotopic (exact) mass is 409 g/mol. The van der Waals surface area contributed by atoms with Crippen molar-refractivity contribution in [3.05, 3.63) is 0 Å². The molecular weight excluding hydrogens is 366 g/mol. The second-order valence-corrected chi connectivity index (χ2v) is 8.58. The van der Waals surface area contributed by atoms with Gasteiger partial charge in [-0.1, -0.05) is 13.8 Å². The fourth-order valence-electron chi connectivity index (χ4n) is 4.49. The van der Waals surface area contributed by atoms with E-state index in [0.717, 1.165) is 90.4 Å². The summed E-state index contributed by atoms with van der Waals surface area (Å²) in [6, 6.07) is -0.0350. The third-order valence-corrected chi connectivity index (χ3v) is 6.98. The lowest BCUT2D eigenvalue weighted by Gasteiger charge is -2.40. The molecule has 7 nitrogen and oxygen atoms in total. The number of aliphatic hydroxyl groups is 1. The minimum Gasteiger partial charge on any atom is -0.396 e. The van der Waals surface area contributed by atoms with Gasteiger partial charge in [-0.05, 0) is 51.4 Å². The van der Waals surface area contributed by atoms with Crippen LogP contribution in [0, 0.1) is 5.41 Å². The maximum atomic E-state index is 12.7. The van der Waals surface area contributed by atoms with Crippen LogP contribution in [-0.4, -0.2) is 96.7 Å². The van der Waals surface area contributed by atoms with E-state index in [0.29, 0.717) is 0 Å². The first kappa shape index (κ1) is 23.9. The fraction of sp³-hybridized carbons (Fsp3) is 0.909. The number of nitrogens with one attached hydrogen (secondary N) is 1. The zero-order valence-electron chi connectivity index (χ0n) is 19.1. The SMILES string of the molecule is CCNC(=NCC(CC)(CC)CCO)N1CCN(C(C)C(=O)N2CCCC2)CC1. The van der Waals surface area contributed by atoms with E-state index in [9.17, 15) is 9.90 Å². The number of carbonyl (C=O) groups is 1. The molecule has 0 bridgehead atoms. The Hall–Kier alpha value is -1.34. The van der Waals surface area contributed by atoms with Crippen LogP contribution in [0.2, 0.25) is 0 Å². The molecule has 2 N–H and O–H groups in total. The number of rotatable bonds is 9. The molecule has 0 aliphatic carbocycles. The zero-order valence-corrected chi connectivity index (χ0v) is 19.1. The van der Waals surface area contributed by atoms with Crippen molar-refractivity contribution in [2.75, 3.05) is 59.0 Å². The average molecular weight is 410 g/mol. The number of piperazine rings is 1. The van der Waals surface area contributed by atoms with Gasteiger partial charge in [-0.15, -0.1) is 0 Å². The smallest absolute Gasteiger partial charge is 0.239 e. The number of hydrogen-bond acceptors (Lipinski definition) is 4. The van der Waals surface area contributed by atoms with Crippen LogP contribution in [0.4, 0.5) is 0 Å². The summed E-state index contributed by atoms with van der Waals surface area (Å²) >= 11 is 0. The number of aliphatic imine (C=N–C) groups is 1. The Morgan fingerprint density at radius 2 is 1.66 bits per heavy atom. The van der Waals surface area contributed by atoms with Crippen molar-refractivity contribution >= 4 is 11.9 Å². The molecule has 0 saturated carbocycles. The molecule has 1 amide bonds. The minimum atomic E-state index is -0.0350. The highest BCUT2D eigenvalue weighted by Crippen LogP contribution is 2.30. The number of carbonyl (C=O) groups excluding carboxylic acids is 1. The van der Waals surface area contributed by atoms with Gasteiger partial charge in [0.1, 0.15) is 0 Å². The minimum absolute atomic E-state index is 0.0350. The molecule has 0 aromatic heterocycles. The molecule has 168 valence electrons. The predicted octanol–water partition coefficient (Wildman–Crippen LogP) is 1.77. The third-order valence-electron chi connectivity index (χ3n) is 6.98. The number of aliphatic hydroxyl groups excluding tert-OH is 1. The molecule has 1 atom stereocenters. The Morgan fingerprint density at radius 3 is 2.17 bits per heavy atom. The summed E-state index contributed by atoms with van der Waals surface area (Å²) in [5.41, 5.74) is 0.0773. The van der Waals surface area contributed by atoms with Crippen LogP contribution in [0.5, 0.6) is 0 Å². The first-order chi connectivity index (χ1) is 14.0. The van der Waals surface area contributed by atoms with E-state index in [1.807, 2.05) is 4.90 Å². The van der Waals surface area contributed by atoms with Crippen LogP contribution >= 0.6 is 0 Å². The summed E-state index contributed by atoms with van der Waals surface area (Å²) in [6.07, 6.45) is 5.13. The molecule has 0 aromatic rings. The van der Waals surface area contributed by atoms with E-state index >= 15 is 0 Å². The Labute approximate surface area is 177 Å². The van der Waals surface area contributed by atoms with Gasteiger partial charge in [-0.2, -0.15) is 0 Å². The summed E-state index contributed by atoms with van der Waals surface area (Å²) < 4.78 is 0. The van der Waals surface area contributed by atoms with Crippen LogP contribution in [0.25, 0.3) is 0 Å². The normalized spacial score (nSPS) is 20.2. The molecule has 1 unspecified atom stereocenters. The van der Waals surface area contributed by atoms with Crippen LogP contribution in [0.15, 0.2) is 4.99 Å². The molecule has 29 heavy (non-hydrogen) atoms. The maximum absolute atomic E-state index is 12.7. The van der Waals surface area contributed by atoms with Gasteiger partial charge in [0, 0.05) is 59.0 Å². The average Bonchev–Trinajstić information content (AvgIpc) is 3.30. The summed E-state index contributed by atoms with van der Waals surface area (Å²) in [5, 5.41) is 12.9. The Kier molecular flexibility index (Phi) is 9.69. The predicted molar refractivity (Wildman–Crippen MR) is 119 cm³/mol. The molecule has 0 aromatic carbocycles. The van der Waals surface area contributed by atoms with E-state index in [-0.39, 0.29) is 24.0 Å². The van der Waals surface area contributed by atoms with Crippen molar-refractivity contribution in [2.24, 2.45) is 10.4 Å². The van der Waals surface area contributed by atoms with Crippen molar-refractivity contribution in [3.8, 4) is 0 Å². The van der Waals surface area contributed by atoms with Gasteiger partial charge < -0.3 is 20.2 Å². The van der Waals surface area contributed by atoms with Crippen molar-refractivity contribution in [1.29, 1.82) is 0 Å². The quantitative estimate of drug-likeness (QED) is 0.449. The van der Waals surface area contributed by atoms with Gasteiger partial charge in [0.15, 0.2) is 5.96 Å². The highest BCUT2D eigenvalue weighted by molar-refractivity contribution is 5.82. The van der Waals surface area contributed by atoms with Crippen molar-refractivity contribution in [3.63, 3.8) is 0 Å². The number of amides is 1. The van der Waals surface area contributed by atoms with Crippen molar-refractivity contribution < 1.29 is 9.90 Å².